The standard InChI is InChI=1S/C17H10Cl2N2O2/c18-13-5-3-12-4-7-14(20-16(12)10-13)6-1-11-2-8-15(19)17(9-11)21(22)23/h1-10H/b6-1+. The zero-order chi connectivity index (χ0) is 16.4. The molecule has 3 rings (SSSR count). The minimum atomic E-state index is -0.504. The summed E-state index contributed by atoms with van der Waals surface area (Å²) in [5.41, 5.74) is 2.08. The van der Waals surface area contributed by atoms with Crippen LogP contribution in [0.4, 0.5) is 5.69 Å². The Hall–Kier alpha value is -2.43. The molecule has 1 aromatic heterocycles. The summed E-state index contributed by atoms with van der Waals surface area (Å²) in [5, 5.41) is 12.6. The van der Waals surface area contributed by atoms with E-state index in [1.54, 1.807) is 24.3 Å². The molecule has 0 fully saturated rings. The molecule has 0 spiro atoms. The maximum atomic E-state index is 10.9. The van der Waals surface area contributed by atoms with Gasteiger partial charge in [-0.3, -0.25) is 10.1 Å². The molecule has 0 saturated carbocycles. The summed E-state index contributed by atoms with van der Waals surface area (Å²) in [6.07, 6.45) is 3.54. The Morgan fingerprint density at radius 1 is 1.00 bits per heavy atom. The first kappa shape index (κ1) is 15.5. The number of benzene rings is 2. The summed E-state index contributed by atoms with van der Waals surface area (Å²) >= 11 is 11.8. The summed E-state index contributed by atoms with van der Waals surface area (Å²) in [6, 6.07) is 14.0. The quantitative estimate of drug-likeness (QED) is 0.457. The van der Waals surface area contributed by atoms with Gasteiger partial charge in [-0.1, -0.05) is 47.5 Å². The van der Waals surface area contributed by atoms with Crippen LogP contribution in [0.5, 0.6) is 0 Å². The Bertz CT molecular complexity index is 939. The molecule has 0 aliphatic heterocycles. The largest absolute Gasteiger partial charge is 0.288 e. The van der Waals surface area contributed by atoms with E-state index in [-0.39, 0.29) is 10.7 Å². The van der Waals surface area contributed by atoms with Crippen LogP contribution >= 0.6 is 23.2 Å². The topological polar surface area (TPSA) is 56.0 Å². The Labute approximate surface area is 142 Å². The van der Waals surface area contributed by atoms with Crippen LogP contribution in [0, 0.1) is 10.1 Å². The Morgan fingerprint density at radius 2 is 1.78 bits per heavy atom. The van der Waals surface area contributed by atoms with Gasteiger partial charge in [-0.15, -0.1) is 0 Å². The van der Waals surface area contributed by atoms with E-state index in [0.29, 0.717) is 10.6 Å². The van der Waals surface area contributed by atoms with E-state index in [1.165, 1.54) is 12.1 Å². The lowest BCUT2D eigenvalue weighted by atomic mass is 10.1. The number of nitro groups is 1. The fourth-order valence-electron chi connectivity index (χ4n) is 2.15. The van der Waals surface area contributed by atoms with Gasteiger partial charge in [0.15, 0.2) is 0 Å². The second-order valence-electron chi connectivity index (χ2n) is 4.87. The molecule has 0 N–H and O–H groups in total. The van der Waals surface area contributed by atoms with Crippen LogP contribution in [0.3, 0.4) is 0 Å². The zero-order valence-corrected chi connectivity index (χ0v) is 13.3. The van der Waals surface area contributed by atoms with Gasteiger partial charge in [-0.25, -0.2) is 4.98 Å². The molecule has 2 aromatic carbocycles. The van der Waals surface area contributed by atoms with Gasteiger partial charge in [-0.05, 0) is 35.9 Å². The van der Waals surface area contributed by atoms with Crippen molar-refractivity contribution in [3.8, 4) is 0 Å². The second kappa shape index (κ2) is 6.36. The third kappa shape index (κ3) is 3.50. The Kier molecular flexibility index (Phi) is 4.28. The first-order chi connectivity index (χ1) is 11.0. The number of nitro benzene ring substituents is 1. The first-order valence-electron chi connectivity index (χ1n) is 6.71. The van der Waals surface area contributed by atoms with E-state index in [1.807, 2.05) is 24.3 Å². The second-order valence-corrected chi connectivity index (χ2v) is 5.72. The van der Waals surface area contributed by atoms with E-state index in [0.717, 1.165) is 16.6 Å². The number of fused-ring (bicyclic) bond motifs is 1. The number of rotatable bonds is 3. The predicted molar refractivity (Wildman–Crippen MR) is 93.8 cm³/mol. The number of nitrogens with zero attached hydrogens (tertiary/aromatic N) is 2. The lowest BCUT2D eigenvalue weighted by Gasteiger charge is -2.00. The van der Waals surface area contributed by atoms with Crippen molar-refractivity contribution in [3.63, 3.8) is 0 Å². The molecule has 1 heterocycles. The molecule has 0 aliphatic rings. The van der Waals surface area contributed by atoms with Crippen LogP contribution in [0.2, 0.25) is 10.0 Å². The molecule has 0 amide bonds. The molecule has 114 valence electrons. The molecule has 0 bridgehead atoms. The number of halogens is 2. The van der Waals surface area contributed by atoms with Crippen LogP contribution in [0.15, 0.2) is 48.5 Å². The van der Waals surface area contributed by atoms with E-state index in [4.69, 9.17) is 23.2 Å². The molecule has 0 aliphatic carbocycles. The number of pyridine rings is 1. The van der Waals surface area contributed by atoms with E-state index >= 15 is 0 Å². The minimum Gasteiger partial charge on any atom is -0.258 e. The van der Waals surface area contributed by atoms with Gasteiger partial charge in [0, 0.05) is 16.5 Å². The molecular formula is C17H10Cl2N2O2. The van der Waals surface area contributed by atoms with E-state index in [2.05, 4.69) is 4.98 Å². The van der Waals surface area contributed by atoms with Crippen LogP contribution in [-0.4, -0.2) is 9.91 Å². The van der Waals surface area contributed by atoms with Crippen molar-refractivity contribution in [1.82, 2.24) is 4.98 Å². The fourth-order valence-corrected chi connectivity index (χ4v) is 2.51. The summed E-state index contributed by atoms with van der Waals surface area (Å²) in [7, 11) is 0. The summed E-state index contributed by atoms with van der Waals surface area (Å²) in [5.74, 6) is 0. The lowest BCUT2D eigenvalue weighted by molar-refractivity contribution is -0.384. The SMILES string of the molecule is O=[N+]([O-])c1cc(/C=C/c2ccc3ccc(Cl)cc3n2)ccc1Cl. The van der Waals surface area contributed by atoms with Crippen molar-refractivity contribution in [3.05, 3.63) is 79.9 Å². The highest BCUT2D eigenvalue weighted by molar-refractivity contribution is 6.32. The first-order valence-corrected chi connectivity index (χ1v) is 7.47. The maximum Gasteiger partial charge on any atom is 0.288 e. The van der Waals surface area contributed by atoms with Crippen molar-refractivity contribution < 1.29 is 4.92 Å². The lowest BCUT2D eigenvalue weighted by Crippen LogP contribution is -1.89. The van der Waals surface area contributed by atoms with Gasteiger partial charge < -0.3 is 0 Å². The average molecular weight is 345 g/mol. The van der Waals surface area contributed by atoms with Gasteiger partial charge in [0.05, 0.1) is 16.1 Å². The molecule has 0 atom stereocenters. The van der Waals surface area contributed by atoms with Crippen molar-refractivity contribution in [2.45, 2.75) is 0 Å². The highest BCUT2D eigenvalue weighted by Crippen LogP contribution is 2.26. The van der Waals surface area contributed by atoms with Crippen LogP contribution < -0.4 is 0 Å². The van der Waals surface area contributed by atoms with Crippen molar-refractivity contribution in [2.75, 3.05) is 0 Å². The van der Waals surface area contributed by atoms with Gasteiger partial charge >= 0.3 is 0 Å². The van der Waals surface area contributed by atoms with Crippen LogP contribution in [-0.2, 0) is 0 Å². The van der Waals surface area contributed by atoms with Crippen molar-refractivity contribution in [2.24, 2.45) is 0 Å². The minimum absolute atomic E-state index is 0.116. The highest BCUT2D eigenvalue weighted by atomic mass is 35.5. The molecule has 0 saturated heterocycles. The molecule has 0 unspecified atom stereocenters. The molecule has 3 aromatic rings. The van der Waals surface area contributed by atoms with E-state index in [9.17, 15) is 10.1 Å². The number of hydrogen-bond acceptors (Lipinski definition) is 3. The van der Waals surface area contributed by atoms with Gasteiger partial charge in [-0.2, -0.15) is 0 Å². The molecule has 23 heavy (non-hydrogen) atoms. The van der Waals surface area contributed by atoms with Gasteiger partial charge in [0.25, 0.3) is 5.69 Å². The molecular weight excluding hydrogens is 335 g/mol. The maximum absolute atomic E-state index is 10.9. The highest BCUT2D eigenvalue weighted by Gasteiger charge is 2.11. The van der Waals surface area contributed by atoms with Gasteiger partial charge in [0.1, 0.15) is 5.02 Å². The number of hydrogen-bond donors (Lipinski definition) is 0. The summed E-state index contributed by atoms with van der Waals surface area (Å²) < 4.78 is 0. The molecule has 0 radical (unpaired) electrons. The monoisotopic (exact) mass is 344 g/mol. The van der Waals surface area contributed by atoms with E-state index < -0.39 is 4.92 Å². The number of aromatic nitrogens is 1. The van der Waals surface area contributed by atoms with Crippen molar-refractivity contribution in [1.29, 1.82) is 0 Å². The van der Waals surface area contributed by atoms with Crippen molar-refractivity contribution >= 4 is 51.9 Å². The predicted octanol–water partition coefficient (Wildman–Crippen LogP) is 5.62. The zero-order valence-electron chi connectivity index (χ0n) is 11.7. The van der Waals surface area contributed by atoms with Crippen LogP contribution in [0.25, 0.3) is 23.1 Å². The summed E-state index contributed by atoms with van der Waals surface area (Å²) in [4.78, 5) is 14.9. The summed E-state index contributed by atoms with van der Waals surface area (Å²) in [6.45, 7) is 0. The Morgan fingerprint density at radius 3 is 2.57 bits per heavy atom. The molecule has 4 nitrogen and oxygen atoms in total. The normalized spacial score (nSPS) is 11.2. The Balaban J connectivity index is 1.93. The third-order valence-corrected chi connectivity index (χ3v) is 3.84. The molecule has 6 heteroatoms. The fraction of sp³-hybridized carbons (Fsp3) is 0. The third-order valence-electron chi connectivity index (χ3n) is 3.29. The van der Waals surface area contributed by atoms with Crippen LogP contribution in [0.1, 0.15) is 11.3 Å². The smallest absolute Gasteiger partial charge is 0.258 e. The van der Waals surface area contributed by atoms with Gasteiger partial charge in [0.2, 0.25) is 0 Å². The average Bonchev–Trinajstić information content (AvgIpc) is 2.53.